The quantitative estimate of drug-likeness (QED) is 0.760. The molecule has 124 valence electrons. The normalized spacial score (nSPS) is 21.4. The molecule has 0 spiro atoms. The van der Waals surface area contributed by atoms with Gasteiger partial charge in [0, 0.05) is 24.5 Å². The molecule has 1 fully saturated rings. The molecule has 0 amide bonds. The molecule has 1 aliphatic heterocycles. The van der Waals surface area contributed by atoms with Crippen molar-refractivity contribution in [2.75, 3.05) is 6.54 Å². The number of halogens is 1. The number of nitrogens with zero attached hydrogens (tertiary/aromatic N) is 4. The second-order valence-electron chi connectivity index (χ2n) is 5.83. The number of aliphatic hydroxyl groups excluding tert-OH is 1. The molecule has 8 heteroatoms. The highest BCUT2D eigenvalue weighted by Gasteiger charge is 2.36. The van der Waals surface area contributed by atoms with Crippen LogP contribution in [0.1, 0.15) is 24.2 Å². The number of likely N-dealkylation sites (tertiary alicyclic amines) is 1. The molecule has 2 aromatic heterocycles. The lowest BCUT2D eigenvalue weighted by Crippen LogP contribution is -2.25. The standard InChI is InChI=1S/C16H16FN5O2/c17-11-3-1-10(2-4-11)15-20-16(24-21-15)13-7-12(23)8-22(13)9-14-18-5-6-19-14/h1-6,12-13,23H,7-9H2,(H,18,19)/t12-,13+/m1/s1. The summed E-state index contributed by atoms with van der Waals surface area (Å²) in [7, 11) is 0. The Balaban J connectivity index is 1.56. The Morgan fingerprint density at radius 3 is 2.92 bits per heavy atom. The van der Waals surface area contributed by atoms with Gasteiger partial charge in [0.05, 0.1) is 18.7 Å². The number of nitrogens with one attached hydrogen (secondary N) is 1. The fourth-order valence-electron chi connectivity index (χ4n) is 2.97. The maximum absolute atomic E-state index is 13.0. The van der Waals surface area contributed by atoms with Crippen LogP contribution in [0.5, 0.6) is 0 Å². The number of aliphatic hydroxyl groups is 1. The van der Waals surface area contributed by atoms with Gasteiger partial charge in [0.15, 0.2) is 0 Å². The molecule has 1 aliphatic rings. The first-order valence-electron chi connectivity index (χ1n) is 7.69. The predicted octanol–water partition coefficient (Wildman–Crippen LogP) is 1.91. The summed E-state index contributed by atoms with van der Waals surface area (Å²) in [5.41, 5.74) is 0.683. The maximum atomic E-state index is 13.0. The number of rotatable bonds is 4. The summed E-state index contributed by atoms with van der Waals surface area (Å²) in [6.07, 6.45) is 3.52. The second kappa shape index (κ2) is 6.14. The first-order valence-corrected chi connectivity index (χ1v) is 7.69. The SMILES string of the molecule is O[C@@H]1C[C@@H](c2nc(-c3ccc(F)cc3)no2)N(Cc2ncc[nH]2)C1. The van der Waals surface area contributed by atoms with E-state index in [1.807, 2.05) is 4.90 Å². The van der Waals surface area contributed by atoms with Gasteiger partial charge in [-0.25, -0.2) is 9.37 Å². The van der Waals surface area contributed by atoms with Gasteiger partial charge in [-0.2, -0.15) is 4.98 Å². The van der Waals surface area contributed by atoms with Crippen molar-refractivity contribution < 1.29 is 14.0 Å². The van der Waals surface area contributed by atoms with E-state index in [-0.39, 0.29) is 11.9 Å². The number of H-pyrrole nitrogens is 1. The highest BCUT2D eigenvalue weighted by molar-refractivity contribution is 5.53. The fraction of sp³-hybridized carbons (Fsp3) is 0.312. The molecule has 1 aromatic carbocycles. The van der Waals surface area contributed by atoms with E-state index in [1.54, 1.807) is 24.5 Å². The lowest BCUT2D eigenvalue weighted by molar-refractivity contribution is 0.167. The Morgan fingerprint density at radius 1 is 1.33 bits per heavy atom. The van der Waals surface area contributed by atoms with Gasteiger partial charge < -0.3 is 14.6 Å². The minimum absolute atomic E-state index is 0.174. The molecule has 0 radical (unpaired) electrons. The largest absolute Gasteiger partial charge is 0.392 e. The van der Waals surface area contributed by atoms with Gasteiger partial charge in [-0.3, -0.25) is 4.90 Å². The number of aromatic amines is 1. The molecule has 4 rings (SSSR count). The van der Waals surface area contributed by atoms with Crippen molar-refractivity contribution in [1.29, 1.82) is 0 Å². The smallest absolute Gasteiger partial charge is 0.244 e. The molecule has 7 nitrogen and oxygen atoms in total. The molecule has 2 N–H and O–H groups in total. The van der Waals surface area contributed by atoms with Crippen LogP contribution in [0.4, 0.5) is 4.39 Å². The average molecular weight is 329 g/mol. The van der Waals surface area contributed by atoms with Crippen molar-refractivity contribution in [2.45, 2.75) is 25.1 Å². The molecule has 1 saturated heterocycles. The molecule has 24 heavy (non-hydrogen) atoms. The van der Waals surface area contributed by atoms with Crippen molar-refractivity contribution in [2.24, 2.45) is 0 Å². The van der Waals surface area contributed by atoms with Gasteiger partial charge in [-0.05, 0) is 30.7 Å². The Hall–Kier alpha value is -2.58. The van der Waals surface area contributed by atoms with E-state index in [0.717, 1.165) is 5.82 Å². The first kappa shape index (κ1) is 15.0. The van der Waals surface area contributed by atoms with Crippen LogP contribution in [0, 0.1) is 5.82 Å². The van der Waals surface area contributed by atoms with Crippen molar-refractivity contribution in [3.05, 3.63) is 54.2 Å². The van der Waals surface area contributed by atoms with Crippen LogP contribution in [-0.2, 0) is 6.54 Å². The summed E-state index contributed by atoms with van der Waals surface area (Å²) in [4.78, 5) is 13.7. The summed E-state index contributed by atoms with van der Waals surface area (Å²) in [5, 5.41) is 14.0. The number of hydrogen-bond donors (Lipinski definition) is 2. The number of benzene rings is 1. The highest BCUT2D eigenvalue weighted by Crippen LogP contribution is 2.33. The second-order valence-corrected chi connectivity index (χ2v) is 5.83. The Kier molecular flexibility index (Phi) is 3.83. The number of hydrogen-bond acceptors (Lipinski definition) is 6. The molecular weight excluding hydrogens is 313 g/mol. The topological polar surface area (TPSA) is 91.1 Å². The molecule has 2 atom stereocenters. The lowest BCUT2D eigenvalue weighted by atomic mass is 10.2. The number of imidazole rings is 1. The van der Waals surface area contributed by atoms with Crippen molar-refractivity contribution in [3.8, 4) is 11.4 Å². The third kappa shape index (κ3) is 2.93. The van der Waals surface area contributed by atoms with Crippen LogP contribution < -0.4 is 0 Å². The van der Waals surface area contributed by atoms with Crippen LogP contribution in [0.3, 0.4) is 0 Å². The van der Waals surface area contributed by atoms with E-state index in [0.29, 0.717) is 36.8 Å². The van der Waals surface area contributed by atoms with Crippen LogP contribution >= 0.6 is 0 Å². The molecule has 0 bridgehead atoms. The maximum Gasteiger partial charge on any atom is 0.244 e. The summed E-state index contributed by atoms with van der Waals surface area (Å²) >= 11 is 0. The van der Waals surface area contributed by atoms with Gasteiger partial charge in [0.2, 0.25) is 11.7 Å². The zero-order valence-electron chi connectivity index (χ0n) is 12.8. The van der Waals surface area contributed by atoms with Crippen molar-refractivity contribution >= 4 is 0 Å². The molecule has 3 aromatic rings. The monoisotopic (exact) mass is 329 g/mol. The van der Waals surface area contributed by atoms with E-state index in [2.05, 4.69) is 20.1 Å². The Bertz CT molecular complexity index is 802. The summed E-state index contributed by atoms with van der Waals surface area (Å²) in [5.74, 6) is 1.35. The average Bonchev–Trinajstić information content (AvgIpc) is 3.29. The zero-order chi connectivity index (χ0) is 16.5. The van der Waals surface area contributed by atoms with E-state index in [4.69, 9.17) is 4.52 Å². The van der Waals surface area contributed by atoms with Crippen LogP contribution in [-0.4, -0.2) is 42.8 Å². The lowest BCUT2D eigenvalue weighted by Gasteiger charge is -2.19. The van der Waals surface area contributed by atoms with E-state index in [1.165, 1.54) is 12.1 Å². The van der Waals surface area contributed by atoms with Gasteiger partial charge in [-0.15, -0.1) is 0 Å². The Morgan fingerprint density at radius 2 is 2.17 bits per heavy atom. The van der Waals surface area contributed by atoms with E-state index >= 15 is 0 Å². The minimum atomic E-state index is -0.453. The zero-order valence-corrected chi connectivity index (χ0v) is 12.8. The fourth-order valence-corrected chi connectivity index (χ4v) is 2.97. The summed E-state index contributed by atoms with van der Waals surface area (Å²) in [6.45, 7) is 1.07. The van der Waals surface area contributed by atoms with Crippen LogP contribution in [0.25, 0.3) is 11.4 Å². The molecule has 0 aliphatic carbocycles. The first-order chi connectivity index (χ1) is 11.7. The van der Waals surface area contributed by atoms with Gasteiger partial charge >= 0.3 is 0 Å². The van der Waals surface area contributed by atoms with Crippen LogP contribution in [0.2, 0.25) is 0 Å². The molecule has 0 unspecified atom stereocenters. The van der Waals surface area contributed by atoms with Crippen molar-refractivity contribution in [3.63, 3.8) is 0 Å². The third-order valence-corrected chi connectivity index (χ3v) is 4.12. The molecule has 0 saturated carbocycles. The van der Waals surface area contributed by atoms with Crippen LogP contribution in [0.15, 0.2) is 41.2 Å². The molecule has 3 heterocycles. The summed E-state index contributed by atoms with van der Waals surface area (Å²) in [6, 6.07) is 5.75. The minimum Gasteiger partial charge on any atom is -0.392 e. The van der Waals surface area contributed by atoms with E-state index < -0.39 is 6.10 Å². The Labute approximate surface area is 137 Å². The number of β-amino-alcohol motifs (C(OH)–C–C–N with tert-alkyl or cyclic N) is 1. The van der Waals surface area contributed by atoms with Gasteiger partial charge in [0.1, 0.15) is 11.6 Å². The number of aromatic nitrogens is 4. The summed E-state index contributed by atoms with van der Waals surface area (Å²) < 4.78 is 18.4. The van der Waals surface area contributed by atoms with Gasteiger partial charge in [-0.1, -0.05) is 5.16 Å². The van der Waals surface area contributed by atoms with Crippen molar-refractivity contribution in [1.82, 2.24) is 25.0 Å². The van der Waals surface area contributed by atoms with E-state index in [9.17, 15) is 9.50 Å². The third-order valence-electron chi connectivity index (χ3n) is 4.12. The van der Waals surface area contributed by atoms with Gasteiger partial charge in [0.25, 0.3) is 0 Å². The highest BCUT2D eigenvalue weighted by atomic mass is 19.1. The molecular formula is C16H16FN5O2. The predicted molar refractivity (Wildman–Crippen MR) is 82.1 cm³/mol.